The third-order valence-electron chi connectivity index (χ3n) is 3.38. The zero-order valence-corrected chi connectivity index (χ0v) is 13.3. The van der Waals surface area contributed by atoms with E-state index >= 15 is 0 Å². The van der Waals surface area contributed by atoms with Gasteiger partial charge in [0.15, 0.2) is 0 Å². The SMILES string of the molecule is CS(=O)(=O)NC[C@H]1CCCN(C(=O)c2cc(Cl)ccn2)C1. The smallest absolute Gasteiger partial charge is 0.272 e. The predicted octanol–water partition coefficient (Wildman–Crippen LogP) is 1.14. The molecule has 1 N–H and O–H groups in total. The zero-order valence-electron chi connectivity index (χ0n) is 11.8. The monoisotopic (exact) mass is 331 g/mol. The summed E-state index contributed by atoms with van der Waals surface area (Å²) in [5.41, 5.74) is 0.319. The van der Waals surface area contributed by atoms with E-state index in [-0.39, 0.29) is 11.8 Å². The first-order chi connectivity index (χ1) is 9.85. The van der Waals surface area contributed by atoms with Gasteiger partial charge in [-0.3, -0.25) is 9.78 Å². The van der Waals surface area contributed by atoms with Crippen LogP contribution in [0.4, 0.5) is 0 Å². The summed E-state index contributed by atoms with van der Waals surface area (Å²) >= 11 is 5.87. The molecule has 1 aliphatic rings. The molecule has 1 amide bonds. The molecule has 8 heteroatoms. The van der Waals surface area contributed by atoms with Crippen LogP contribution in [0.2, 0.25) is 5.02 Å². The number of carbonyl (C=O) groups excluding carboxylic acids is 1. The molecule has 0 spiro atoms. The van der Waals surface area contributed by atoms with Crippen LogP contribution in [0, 0.1) is 5.92 Å². The van der Waals surface area contributed by atoms with Gasteiger partial charge in [-0.1, -0.05) is 11.6 Å². The number of amides is 1. The highest BCUT2D eigenvalue weighted by atomic mass is 35.5. The topological polar surface area (TPSA) is 79.4 Å². The first kappa shape index (κ1) is 16.2. The van der Waals surface area contributed by atoms with E-state index in [1.165, 1.54) is 6.20 Å². The molecular formula is C13H18ClN3O3S. The summed E-state index contributed by atoms with van der Waals surface area (Å²) in [6.45, 7) is 1.53. The Bertz CT molecular complexity index is 621. The Hall–Kier alpha value is -1.18. The number of halogens is 1. The number of nitrogens with zero attached hydrogens (tertiary/aromatic N) is 2. The largest absolute Gasteiger partial charge is 0.337 e. The molecular weight excluding hydrogens is 314 g/mol. The van der Waals surface area contributed by atoms with Crippen LogP contribution in [0.25, 0.3) is 0 Å². The summed E-state index contributed by atoms with van der Waals surface area (Å²) in [6.07, 6.45) is 4.38. The first-order valence-electron chi connectivity index (χ1n) is 6.70. The van der Waals surface area contributed by atoms with Gasteiger partial charge in [0.2, 0.25) is 10.0 Å². The van der Waals surface area contributed by atoms with Crippen LogP contribution in [-0.4, -0.2) is 50.1 Å². The summed E-state index contributed by atoms with van der Waals surface area (Å²) in [5, 5.41) is 0.473. The average molecular weight is 332 g/mol. The maximum Gasteiger partial charge on any atom is 0.272 e. The zero-order chi connectivity index (χ0) is 15.5. The fourth-order valence-corrected chi connectivity index (χ4v) is 3.07. The molecule has 0 saturated carbocycles. The Morgan fingerprint density at radius 1 is 1.57 bits per heavy atom. The molecule has 0 unspecified atom stereocenters. The fraction of sp³-hybridized carbons (Fsp3) is 0.538. The molecule has 2 rings (SSSR count). The van der Waals surface area contributed by atoms with E-state index in [9.17, 15) is 13.2 Å². The standard InChI is InChI=1S/C13H18ClN3O3S/c1-21(19,20)16-8-10-3-2-6-17(9-10)13(18)12-7-11(14)4-5-15-12/h4-5,7,10,16H,2-3,6,8-9H2,1H3/t10-/m1/s1. The number of piperidine rings is 1. The summed E-state index contributed by atoms with van der Waals surface area (Å²) in [7, 11) is -3.20. The van der Waals surface area contributed by atoms with Crippen molar-refractivity contribution in [3.05, 3.63) is 29.0 Å². The van der Waals surface area contributed by atoms with Gasteiger partial charge in [0, 0.05) is 30.9 Å². The van der Waals surface area contributed by atoms with Crippen LogP contribution in [0.1, 0.15) is 23.3 Å². The minimum absolute atomic E-state index is 0.122. The van der Waals surface area contributed by atoms with Crippen LogP contribution < -0.4 is 4.72 Å². The van der Waals surface area contributed by atoms with E-state index in [0.717, 1.165) is 19.1 Å². The number of aromatic nitrogens is 1. The van der Waals surface area contributed by atoms with Crippen molar-refractivity contribution in [1.82, 2.24) is 14.6 Å². The van der Waals surface area contributed by atoms with Crippen molar-refractivity contribution in [2.24, 2.45) is 5.92 Å². The molecule has 21 heavy (non-hydrogen) atoms. The van der Waals surface area contributed by atoms with E-state index in [2.05, 4.69) is 9.71 Å². The lowest BCUT2D eigenvalue weighted by Crippen LogP contribution is -2.43. The molecule has 1 atom stereocenters. The highest BCUT2D eigenvalue weighted by Crippen LogP contribution is 2.18. The molecule has 0 bridgehead atoms. The van der Waals surface area contributed by atoms with Crippen LogP contribution in [-0.2, 0) is 10.0 Å². The van der Waals surface area contributed by atoms with Crippen molar-refractivity contribution in [2.75, 3.05) is 25.9 Å². The molecule has 6 nitrogen and oxygen atoms in total. The molecule has 1 aromatic rings. The fourth-order valence-electron chi connectivity index (χ4n) is 2.37. The Morgan fingerprint density at radius 3 is 3.00 bits per heavy atom. The van der Waals surface area contributed by atoms with Crippen molar-refractivity contribution in [2.45, 2.75) is 12.8 Å². The van der Waals surface area contributed by atoms with Gasteiger partial charge in [-0.05, 0) is 30.9 Å². The van der Waals surface area contributed by atoms with Crippen LogP contribution in [0.5, 0.6) is 0 Å². The van der Waals surface area contributed by atoms with E-state index in [4.69, 9.17) is 11.6 Å². The maximum atomic E-state index is 12.4. The van der Waals surface area contributed by atoms with Gasteiger partial charge < -0.3 is 4.90 Å². The lowest BCUT2D eigenvalue weighted by Gasteiger charge is -2.32. The number of likely N-dealkylation sites (tertiary alicyclic amines) is 1. The molecule has 0 aromatic carbocycles. The molecule has 116 valence electrons. The Labute approximate surface area is 129 Å². The second-order valence-electron chi connectivity index (χ2n) is 5.24. The highest BCUT2D eigenvalue weighted by molar-refractivity contribution is 7.88. The third kappa shape index (κ3) is 4.94. The van der Waals surface area contributed by atoms with E-state index in [1.54, 1.807) is 17.0 Å². The van der Waals surface area contributed by atoms with Gasteiger partial charge in [0.05, 0.1) is 6.26 Å². The van der Waals surface area contributed by atoms with Crippen molar-refractivity contribution in [1.29, 1.82) is 0 Å². The molecule has 1 aliphatic heterocycles. The molecule has 1 aromatic heterocycles. The van der Waals surface area contributed by atoms with Crippen molar-refractivity contribution in [3.63, 3.8) is 0 Å². The summed E-state index contributed by atoms with van der Waals surface area (Å²) in [6, 6.07) is 3.16. The number of nitrogens with one attached hydrogen (secondary N) is 1. The van der Waals surface area contributed by atoms with Crippen LogP contribution >= 0.6 is 11.6 Å². The molecule has 1 fully saturated rings. The number of pyridine rings is 1. The van der Waals surface area contributed by atoms with Crippen molar-refractivity contribution >= 4 is 27.5 Å². The lowest BCUT2D eigenvalue weighted by molar-refractivity contribution is 0.0670. The second-order valence-corrected chi connectivity index (χ2v) is 7.51. The van der Waals surface area contributed by atoms with Gasteiger partial charge in [-0.25, -0.2) is 13.1 Å². The van der Waals surface area contributed by atoms with E-state index in [0.29, 0.717) is 30.4 Å². The Morgan fingerprint density at radius 2 is 2.33 bits per heavy atom. The lowest BCUT2D eigenvalue weighted by atomic mass is 9.98. The molecule has 1 saturated heterocycles. The molecule has 2 heterocycles. The third-order valence-corrected chi connectivity index (χ3v) is 4.31. The Kier molecular flexibility index (Phi) is 5.18. The van der Waals surface area contributed by atoms with Gasteiger partial charge in [0.25, 0.3) is 5.91 Å². The van der Waals surface area contributed by atoms with Gasteiger partial charge >= 0.3 is 0 Å². The number of hydrogen-bond acceptors (Lipinski definition) is 4. The van der Waals surface area contributed by atoms with Crippen molar-refractivity contribution < 1.29 is 13.2 Å². The minimum atomic E-state index is -3.20. The summed E-state index contributed by atoms with van der Waals surface area (Å²) in [5.74, 6) is -0.0434. The number of rotatable bonds is 4. The molecule has 0 radical (unpaired) electrons. The quantitative estimate of drug-likeness (QED) is 0.897. The first-order valence-corrected chi connectivity index (χ1v) is 8.97. The molecule has 0 aliphatic carbocycles. The van der Waals surface area contributed by atoms with Gasteiger partial charge in [-0.15, -0.1) is 0 Å². The van der Waals surface area contributed by atoms with Gasteiger partial charge in [-0.2, -0.15) is 0 Å². The summed E-state index contributed by atoms with van der Waals surface area (Å²) < 4.78 is 24.8. The minimum Gasteiger partial charge on any atom is -0.337 e. The average Bonchev–Trinajstić information content (AvgIpc) is 2.44. The summed E-state index contributed by atoms with van der Waals surface area (Å²) in [4.78, 5) is 18.1. The van der Waals surface area contributed by atoms with E-state index in [1.807, 2.05) is 0 Å². The van der Waals surface area contributed by atoms with Crippen LogP contribution in [0.3, 0.4) is 0 Å². The van der Waals surface area contributed by atoms with Crippen LogP contribution in [0.15, 0.2) is 18.3 Å². The predicted molar refractivity (Wildman–Crippen MR) is 80.7 cm³/mol. The normalized spacial score (nSPS) is 19.5. The second kappa shape index (κ2) is 6.72. The number of hydrogen-bond donors (Lipinski definition) is 1. The Balaban J connectivity index is 1.99. The van der Waals surface area contributed by atoms with Gasteiger partial charge in [0.1, 0.15) is 5.69 Å². The number of carbonyl (C=O) groups is 1. The van der Waals surface area contributed by atoms with E-state index < -0.39 is 10.0 Å². The van der Waals surface area contributed by atoms with Crippen molar-refractivity contribution in [3.8, 4) is 0 Å². The maximum absolute atomic E-state index is 12.4. The number of sulfonamides is 1. The highest BCUT2D eigenvalue weighted by Gasteiger charge is 2.25.